The molecule has 4 aromatic rings. The highest BCUT2D eigenvalue weighted by atomic mass is 35.5. The first-order chi connectivity index (χ1) is 11.2. The summed E-state index contributed by atoms with van der Waals surface area (Å²) >= 11 is 6.05. The number of halogens is 1. The number of aromatic nitrogens is 5. The highest BCUT2D eigenvalue weighted by Gasteiger charge is 2.16. The highest BCUT2D eigenvalue weighted by Crippen LogP contribution is 2.24. The Balaban J connectivity index is 2.24. The normalized spacial score (nSPS) is 11.4. The average Bonchev–Trinajstić information content (AvgIpc) is 3.01. The van der Waals surface area contributed by atoms with Crippen molar-refractivity contribution in [3.63, 3.8) is 0 Å². The molecule has 0 unspecified atom stereocenters. The van der Waals surface area contributed by atoms with E-state index in [1.54, 1.807) is 35.3 Å². The van der Waals surface area contributed by atoms with E-state index in [0.29, 0.717) is 28.5 Å². The summed E-state index contributed by atoms with van der Waals surface area (Å²) < 4.78 is 3.25. The van der Waals surface area contributed by atoms with Gasteiger partial charge in [-0.2, -0.15) is 5.10 Å². The molecule has 0 bridgehead atoms. The third-order valence-corrected chi connectivity index (χ3v) is 3.95. The number of pyridine rings is 3. The summed E-state index contributed by atoms with van der Waals surface area (Å²) in [5.74, 6) is 0. The fourth-order valence-corrected chi connectivity index (χ4v) is 2.82. The topological polar surface area (TPSA) is 65.6 Å². The van der Waals surface area contributed by atoms with Crippen LogP contribution < -0.4 is 5.56 Å². The number of fused-ring (bicyclic) bond motifs is 3. The maximum absolute atomic E-state index is 13.0. The molecule has 0 saturated carbocycles. The lowest BCUT2D eigenvalue weighted by Gasteiger charge is -2.09. The van der Waals surface area contributed by atoms with Crippen molar-refractivity contribution in [3.8, 4) is 5.69 Å². The Kier molecular flexibility index (Phi) is 3.12. The largest absolute Gasteiger partial charge is 0.285 e. The Hall–Kier alpha value is -2.73. The van der Waals surface area contributed by atoms with Gasteiger partial charge in [-0.25, -0.2) is 4.98 Å². The van der Waals surface area contributed by atoms with E-state index in [2.05, 4.69) is 15.1 Å². The minimum absolute atomic E-state index is 0.234. The van der Waals surface area contributed by atoms with Crippen LogP contribution in [-0.4, -0.2) is 24.3 Å². The number of aryl methyl sites for hydroxylation is 1. The second kappa shape index (κ2) is 5.17. The first kappa shape index (κ1) is 13.9. The van der Waals surface area contributed by atoms with Crippen LogP contribution in [0, 0.1) is 0 Å². The van der Waals surface area contributed by atoms with Gasteiger partial charge in [0, 0.05) is 29.7 Å². The van der Waals surface area contributed by atoms with E-state index in [4.69, 9.17) is 11.6 Å². The molecule has 0 amide bonds. The molecular formula is C16H12ClN5O. The summed E-state index contributed by atoms with van der Waals surface area (Å²) in [6, 6.07) is 7.15. The van der Waals surface area contributed by atoms with E-state index in [0.717, 1.165) is 10.8 Å². The van der Waals surface area contributed by atoms with Gasteiger partial charge in [0.2, 0.25) is 0 Å². The second-order valence-electron chi connectivity index (χ2n) is 5.10. The zero-order chi connectivity index (χ0) is 16.0. The molecule has 4 rings (SSSR count). The summed E-state index contributed by atoms with van der Waals surface area (Å²) in [5.41, 5.74) is 1.30. The van der Waals surface area contributed by atoms with Crippen LogP contribution in [0.5, 0.6) is 0 Å². The molecule has 6 nitrogen and oxygen atoms in total. The van der Waals surface area contributed by atoms with E-state index in [-0.39, 0.29) is 5.56 Å². The number of rotatable bonds is 2. The van der Waals surface area contributed by atoms with Crippen LogP contribution in [0.1, 0.15) is 6.92 Å². The third kappa shape index (κ3) is 2.10. The van der Waals surface area contributed by atoms with Gasteiger partial charge < -0.3 is 0 Å². The summed E-state index contributed by atoms with van der Waals surface area (Å²) in [6.45, 7) is 2.66. The Bertz CT molecular complexity index is 1080. The molecule has 0 aliphatic rings. The number of hydrogen-bond acceptors (Lipinski definition) is 4. The standard InChI is InChI=1S/C16H12ClN5O/c1-2-21-9-12-11-5-6-13(17)19-15(11)22(16(23)14(12)20-21)10-4-3-7-18-8-10/h3-9H,2H2,1H3. The van der Waals surface area contributed by atoms with Gasteiger partial charge >= 0.3 is 0 Å². The Morgan fingerprint density at radius 1 is 1.22 bits per heavy atom. The van der Waals surface area contributed by atoms with E-state index in [1.807, 2.05) is 19.2 Å². The molecule has 0 saturated heterocycles. The van der Waals surface area contributed by atoms with E-state index in [1.165, 1.54) is 4.57 Å². The molecule has 0 spiro atoms. The van der Waals surface area contributed by atoms with Crippen molar-refractivity contribution in [2.45, 2.75) is 13.5 Å². The van der Waals surface area contributed by atoms with Crippen LogP contribution in [0.25, 0.3) is 27.6 Å². The van der Waals surface area contributed by atoms with Crippen LogP contribution in [-0.2, 0) is 6.54 Å². The Morgan fingerprint density at radius 2 is 2.09 bits per heavy atom. The molecule has 4 heterocycles. The predicted octanol–water partition coefficient (Wildman–Crippen LogP) is 2.80. The lowest BCUT2D eigenvalue weighted by Crippen LogP contribution is -2.20. The predicted molar refractivity (Wildman–Crippen MR) is 89.1 cm³/mol. The lowest BCUT2D eigenvalue weighted by molar-refractivity contribution is 0.667. The molecular weight excluding hydrogens is 314 g/mol. The van der Waals surface area contributed by atoms with Gasteiger partial charge in [-0.05, 0) is 31.2 Å². The Morgan fingerprint density at radius 3 is 2.83 bits per heavy atom. The molecule has 4 aromatic heterocycles. The van der Waals surface area contributed by atoms with Crippen LogP contribution >= 0.6 is 11.6 Å². The van der Waals surface area contributed by atoms with Gasteiger partial charge in [-0.1, -0.05) is 11.6 Å². The summed E-state index contributed by atoms with van der Waals surface area (Å²) in [6.07, 6.45) is 5.13. The maximum Gasteiger partial charge on any atom is 0.285 e. The van der Waals surface area contributed by atoms with Crippen molar-refractivity contribution >= 4 is 33.5 Å². The van der Waals surface area contributed by atoms with E-state index in [9.17, 15) is 4.79 Å². The fourth-order valence-electron chi connectivity index (χ4n) is 2.67. The zero-order valence-corrected chi connectivity index (χ0v) is 13.0. The second-order valence-corrected chi connectivity index (χ2v) is 5.49. The maximum atomic E-state index is 13.0. The SMILES string of the molecule is CCn1cc2c(n1)c(=O)n(-c1cccnc1)c1nc(Cl)ccc21. The Labute approximate surface area is 136 Å². The van der Waals surface area contributed by atoms with Gasteiger partial charge in [-0.15, -0.1) is 0 Å². The fraction of sp³-hybridized carbons (Fsp3) is 0.125. The van der Waals surface area contributed by atoms with Crippen LogP contribution in [0.15, 0.2) is 47.7 Å². The van der Waals surface area contributed by atoms with Crippen molar-refractivity contribution in [2.24, 2.45) is 0 Å². The molecule has 0 atom stereocenters. The molecule has 0 aromatic carbocycles. The van der Waals surface area contributed by atoms with Crippen molar-refractivity contribution in [3.05, 3.63) is 58.4 Å². The third-order valence-electron chi connectivity index (χ3n) is 3.74. The van der Waals surface area contributed by atoms with Gasteiger partial charge in [0.1, 0.15) is 10.8 Å². The molecule has 0 aliphatic carbocycles. The van der Waals surface area contributed by atoms with Crippen LogP contribution in [0.3, 0.4) is 0 Å². The van der Waals surface area contributed by atoms with Crippen molar-refractivity contribution in [1.82, 2.24) is 24.3 Å². The number of hydrogen-bond donors (Lipinski definition) is 0. The highest BCUT2D eigenvalue weighted by molar-refractivity contribution is 6.30. The van der Waals surface area contributed by atoms with Gasteiger partial charge in [0.15, 0.2) is 5.52 Å². The molecule has 0 aliphatic heterocycles. The molecule has 0 N–H and O–H groups in total. The molecule has 0 fully saturated rings. The van der Waals surface area contributed by atoms with Gasteiger partial charge in [-0.3, -0.25) is 19.0 Å². The average molecular weight is 326 g/mol. The van der Waals surface area contributed by atoms with Gasteiger partial charge in [0.05, 0.1) is 11.9 Å². The molecule has 114 valence electrons. The molecule has 7 heteroatoms. The quantitative estimate of drug-likeness (QED) is 0.532. The summed E-state index contributed by atoms with van der Waals surface area (Å²) in [7, 11) is 0. The smallest absolute Gasteiger partial charge is 0.272 e. The number of nitrogens with zero attached hydrogens (tertiary/aromatic N) is 5. The van der Waals surface area contributed by atoms with E-state index < -0.39 is 0 Å². The van der Waals surface area contributed by atoms with Crippen molar-refractivity contribution in [1.29, 1.82) is 0 Å². The van der Waals surface area contributed by atoms with Crippen LogP contribution in [0.2, 0.25) is 5.15 Å². The molecule has 0 radical (unpaired) electrons. The summed E-state index contributed by atoms with van der Waals surface area (Å²) in [5, 5.41) is 6.32. The van der Waals surface area contributed by atoms with E-state index >= 15 is 0 Å². The first-order valence-corrected chi connectivity index (χ1v) is 7.55. The minimum atomic E-state index is -0.234. The summed E-state index contributed by atoms with van der Waals surface area (Å²) in [4.78, 5) is 21.4. The first-order valence-electron chi connectivity index (χ1n) is 7.18. The minimum Gasteiger partial charge on any atom is -0.272 e. The monoisotopic (exact) mass is 325 g/mol. The zero-order valence-electron chi connectivity index (χ0n) is 12.3. The molecule has 23 heavy (non-hydrogen) atoms. The van der Waals surface area contributed by atoms with Crippen molar-refractivity contribution < 1.29 is 0 Å². The van der Waals surface area contributed by atoms with Gasteiger partial charge in [0.25, 0.3) is 5.56 Å². The lowest BCUT2D eigenvalue weighted by atomic mass is 10.2. The van der Waals surface area contributed by atoms with Crippen molar-refractivity contribution in [2.75, 3.05) is 0 Å². The van der Waals surface area contributed by atoms with Crippen LogP contribution in [0.4, 0.5) is 0 Å².